The van der Waals surface area contributed by atoms with Gasteiger partial charge >= 0.3 is 0 Å². The second kappa shape index (κ2) is 6.92. The first-order valence-corrected chi connectivity index (χ1v) is 7.96. The molecule has 0 aromatic carbocycles. The molecule has 0 aliphatic carbocycles. The highest BCUT2D eigenvalue weighted by molar-refractivity contribution is 7.13. The Morgan fingerprint density at radius 3 is 3.05 bits per heavy atom. The van der Waals surface area contributed by atoms with Gasteiger partial charge in [0.25, 0.3) is 0 Å². The van der Waals surface area contributed by atoms with Crippen LogP contribution in [0.15, 0.2) is 29.9 Å². The van der Waals surface area contributed by atoms with Crippen molar-refractivity contribution >= 4 is 11.3 Å². The van der Waals surface area contributed by atoms with Gasteiger partial charge in [0.05, 0.1) is 12.3 Å². The van der Waals surface area contributed by atoms with E-state index < -0.39 is 0 Å². The lowest BCUT2D eigenvalue weighted by Gasteiger charge is -2.22. The van der Waals surface area contributed by atoms with Crippen LogP contribution in [-0.2, 0) is 11.2 Å². The van der Waals surface area contributed by atoms with E-state index in [1.807, 2.05) is 12.1 Å². The quantitative estimate of drug-likeness (QED) is 0.919. The third-order valence-electron chi connectivity index (χ3n) is 3.45. The third kappa shape index (κ3) is 3.62. The molecule has 0 amide bonds. The summed E-state index contributed by atoms with van der Waals surface area (Å²) >= 11 is 1.70. The number of nitrogens with zero attached hydrogens (tertiary/aromatic N) is 2. The molecule has 0 spiro atoms. The van der Waals surface area contributed by atoms with Crippen LogP contribution in [0.4, 0.5) is 0 Å². The van der Waals surface area contributed by atoms with Crippen LogP contribution in [0.1, 0.15) is 18.5 Å². The van der Waals surface area contributed by atoms with Crippen LogP contribution in [0.2, 0.25) is 0 Å². The number of aromatic nitrogens is 2. The summed E-state index contributed by atoms with van der Waals surface area (Å²) in [6.07, 6.45) is 6.97. The Kier molecular flexibility index (Phi) is 4.73. The maximum absolute atomic E-state index is 5.46. The number of hydrogen-bond donors (Lipinski definition) is 1. The molecule has 2 aromatic heterocycles. The van der Waals surface area contributed by atoms with Gasteiger partial charge in [0, 0.05) is 49.0 Å². The van der Waals surface area contributed by atoms with Crippen LogP contribution in [-0.4, -0.2) is 35.8 Å². The van der Waals surface area contributed by atoms with E-state index in [4.69, 9.17) is 4.74 Å². The van der Waals surface area contributed by atoms with Crippen LogP contribution >= 0.6 is 11.3 Å². The van der Waals surface area contributed by atoms with Gasteiger partial charge in [-0.2, -0.15) is 0 Å². The monoisotopic (exact) mass is 289 g/mol. The molecule has 0 unspecified atom stereocenters. The van der Waals surface area contributed by atoms with Gasteiger partial charge in [-0.3, -0.25) is 4.98 Å². The minimum atomic E-state index is 0.516. The van der Waals surface area contributed by atoms with Crippen molar-refractivity contribution in [2.75, 3.05) is 19.8 Å². The summed E-state index contributed by atoms with van der Waals surface area (Å²) in [5.74, 6) is 0. The van der Waals surface area contributed by atoms with E-state index in [9.17, 15) is 0 Å². The Labute approximate surface area is 123 Å². The lowest BCUT2D eigenvalue weighted by atomic mass is 10.1. The number of pyridine rings is 1. The summed E-state index contributed by atoms with van der Waals surface area (Å²) < 4.78 is 5.46. The van der Waals surface area contributed by atoms with Gasteiger partial charge in [-0.15, -0.1) is 11.3 Å². The maximum atomic E-state index is 5.46. The van der Waals surface area contributed by atoms with Crippen molar-refractivity contribution in [1.82, 2.24) is 15.3 Å². The second-order valence-electron chi connectivity index (χ2n) is 5.00. The number of rotatable bonds is 5. The number of ether oxygens (including phenoxy) is 1. The summed E-state index contributed by atoms with van der Waals surface area (Å²) in [5, 5.41) is 6.77. The van der Waals surface area contributed by atoms with Crippen LogP contribution in [0.5, 0.6) is 0 Å². The predicted molar refractivity (Wildman–Crippen MR) is 80.9 cm³/mol. The Balaban J connectivity index is 1.50. The first kappa shape index (κ1) is 13.7. The topological polar surface area (TPSA) is 47.0 Å². The Morgan fingerprint density at radius 2 is 2.25 bits per heavy atom. The second-order valence-corrected chi connectivity index (χ2v) is 5.86. The van der Waals surface area contributed by atoms with E-state index in [0.29, 0.717) is 6.04 Å². The van der Waals surface area contributed by atoms with Crippen LogP contribution in [0.3, 0.4) is 0 Å². The van der Waals surface area contributed by atoms with Gasteiger partial charge in [0.1, 0.15) is 5.01 Å². The molecule has 5 heteroatoms. The Morgan fingerprint density at radius 1 is 1.35 bits per heavy atom. The zero-order chi connectivity index (χ0) is 13.6. The average molecular weight is 289 g/mol. The summed E-state index contributed by atoms with van der Waals surface area (Å²) in [7, 11) is 0. The number of thiazole rings is 1. The molecular formula is C15H19N3OS. The summed E-state index contributed by atoms with van der Waals surface area (Å²) in [6.45, 7) is 2.73. The summed E-state index contributed by atoms with van der Waals surface area (Å²) in [6, 6.07) is 4.52. The zero-order valence-electron chi connectivity index (χ0n) is 11.4. The molecular weight excluding hydrogens is 270 g/mol. The first-order chi connectivity index (χ1) is 9.92. The standard InChI is InChI=1S/C15H19N3OS/c1-2-13(10-19-9-1)17-8-5-14-11-20-15(18-14)12-3-6-16-7-4-12/h3-4,6-7,11,13,17H,1-2,5,8-10H2/t13-/m0/s1. The molecule has 1 aliphatic rings. The van der Waals surface area contributed by atoms with Gasteiger partial charge in [0.15, 0.2) is 0 Å². The van der Waals surface area contributed by atoms with E-state index in [0.717, 1.165) is 42.4 Å². The van der Waals surface area contributed by atoms with Crippen molar-refractivity contribution < 1.29 is 4.74 Å². The average Bonchev–Trinajstić information content (AvgIpc) is 2.98. The third-order valence-corrected chi connectivity index (χ3v) is 4.39. The van der Waals surface area contributed by atoms with Gasteiger partial charge in [-0.1, -0.05) is 0 Å². The molecule has 1 N–H and O–H groups in total. The lowest BCUT2D eigenvalue weighted by Crippen LogP contribution is -2.37. The van der Waals surface area contributed by atoms with Crippen molar-refractivity contribution in [3.8, 4) is 10.6 Å². The highest BCUT2D eigenvalue weighted by atomic mass is 32.1. The Hall–Kier alpha value is -1.30. The predicted octanol–water partition coefficient (Wildman–Crippen LogP) is 2.52. The van der Waals surface area contributed by atoms with Crippen LogP contribution in [0.25, 0.3) is 10.6 Å². The van der Waals surface area contributed by atoms with Crippen molar-refractivity contribution in [2.24, 2.45) is 0 Å². The van der Waals surface area contributed by atoms with E-state index in [1.165, 1.54) is 12.8 Å². The van der Waals surface area contributed by atoms with E-state index in [1.54, 1.807) is 23.7 Å². The largest absolute Gasteiger partial charge is 0.380 e. The minimum Gasteiger partial charge on any atom is -0.380 e. The van der Waals surface area contributed by atoms with Gasteiger partial charge in [-0.25, -0.2) is 4.98 Å². The van der Waals surface area contributed by atoms with E-state index >= 15 is 0 Å². The first-order valence-electron chi connectivity index (χ1n) is 7.08. The molecule has 1 atom stereocenters. The summed E-state index contributed by atoms with van der Waals surface area (Å²) in [4.78, 5) is 8.72. The van der Waals surface area contributed by atoms with Crippen LogP contribution in [0, 0.1) is 0 Å². The molecule has 4 nitrogen and oxygen atoms in total. The molecule has 1 fully saturated rings. The van der Waals surface area contributed by atoms with E-state index in [2.05, 4.69) is 20.7 Å². The Bertz CT molecular complexity index is 523. The molecule has 106 valence electrons. The molecule has 3 rings (SSSR count). The fourth-order valence-electron chi connectivity index (χ4n) is 2.35. The number of nitrogens with one attached hydrogen (secondary N) is 1. The maximum Gasteiger partial charge on any atom is 0.123 e. The molecule has 2 aromatic rings. The van der Waals surface area contributed by atoms with Crippen molar-refractivity contribution in [1.29, 1.82) is 0 Å². The van der Waals surface area contributed by atoms with Crippen LogP contribution < -0.4 is 5.32 Å². The molecule has 1 saturated heterocycles. The summed E-state index contributed by atoms with van der Waals surface area (Å²) in [5.41, 5.74) is 2.30. The molecule has 0 radical (unpaired) electrons. The lowest BCUT2D eigenvalue weighted by molar-refractivity contribution is 0.0707. The highest BCUT2D eigenvalue weighted by Gasteiger charge is 2.12. The molecule has 20 heavy (non-hydrogen) atoms. The normalized spacial score (nSPS) is 19.1. The fraction of sp³-hybridized carbons (Fsp3) is 0.467. The molecule has 3 heterocycles. The van der Waals surface area contributed by atoms with E-state index in [-0.39, 0.29) is 0 Å². The minimum absolute atomic E-state index is 0.516. The highest BCUT2D eigenvalue weighted by Crippen LogP contribution is 2.22. The SMILES string of the molecule is c1cc(-c2nc(CCN[C@H]3CCCOC3)cs2)ccn1. The fourth-order valence-corrected chi connectivity index (χ4v) is 3.22. The van der Waals surface area contributed by atoms with Crippen molar-refractivity contribution in [2.45, 2.75) is 25.3 Å². The van der Waals surface area contributed by atoms with Gasteiger partial charge in [-0.05, 0) is 25.0 Å². The van der Waals surface area contributed by atoms with Gasteiger partial charge < -0.3 is 10.1 Å². The van der Waals surface area contributed by atoms with Crippen molar-refractivity contribution in [3.05, 3.63) is 35.6 Å². The zero-order valence-corrected chi connectivity index (χ0v) is 12.2. The molecule has 0 bridgehead atoms. The van der Waals surface area contributed by atoms with Gasteiger partial charge in [0.2, 0.25) is 0 Å². The molecule has 1 aliphatic heterocycles. The van der Waals surface area contributed by atoms with Crippen molar-refractivity contribution in [3.63, 3.8) is 0 Å². The molecule has 0 saturated carbocycles. The number of hydrogen-bond acceptors (Lipinski definition) is 5. The smallest absolute Gasteiger partial charge is 0.123 e.